The number of benzene rings is 2. The van der Waals surface area contributed by atoms with Gasteiger partial charge in [-0.05, 0) is 43.3 Å². The Hall–Kier alpha value is -3.94. The van der Waals surface area contributed by atoms with Gasteiger partial charge >= 0.3 is 5.97 Å². The van der Waals surface area contributed by atoms with Crippen molar-refractivity contribution in [3.8, 4) is 5.75 Å². The van der Waals surface area contributed by atoms with Gasteiger partial charge in [-0.1, -0.05) is 12.1 Å². The summed E-state index contributed by atoms with van der Waals surface area (Å²) in [5.74, 6) is 0.253. The monoisotopic (exact) mass is 392 g/mol. The summed E-state index contributed by atoms with van der Waals surface area (Å²) in [5.41, 5.74) is 1.90. The van der Waals surface area contributed by atoms with Crippen LogP contribution in [0.3, 0.4) is 0 Å². The van der Waals surface area contributed by atoms with Crippen LogP contribution in [0.1, 0.15) is 27.8 Å². The minimum atomic E-state index is -0.405. The first kappa shape index (κ1) is 19.8. The number of hydrogen-bond donors (Lipinski definition) is 2. The van der Waals surface area contributed by atoms with E-state index in [4.69, 9.17) is 4.74 Å². The number of rotatable bonds is 7. The molecule has 0 aliphatic rings. The van der Waals surface area contributed by atoms with Crippen LogP contribution in [-0.4, -0.2) is 35.6 Å². The van der Waals surface area contributed by atoms with Gasteiger partial charge in [-0.2, -0.15) is 0 Å². The largest absolute Gasteiger partial charge is 0.492 e. The first-order valence-electron chi connectivity index (χ1n) is 8.91. The maximum atomic E-state index is 12.4. The van der Waals surface area contributed by atoms with Crippen LogP contribution >= 0.6 is 0 Å². The van der Waals surface area contributed by atoms with Gasteiger partial charge in [-0.3, -0.25) is 4.79 Å². The molecule has 0 atom stereocenters. The highest BCUT2D eigenvalue weighted by molar-refractivity contribution is 6.03. The van der Waals surface area contributed by atoms with Crippen molar-refractivity contribution >= 4 is 29.1 Å². The summed E-state index contributed by atoms with van der Waals surface area (Å²) in [6.45, 7) is 2.37. The van der Waals surface area contributed by atoms with E-state index >= 15 is 0 Å². The van der Waals surface area contributed by atoms with Gasteiger partial charge < -0.3 is 20.1 Å². The van der Waals surface area contributed by atoms with Crippen molar-refractivity contribution in [1.82, 2.24) is 9.97 Å². The van der Waals surface area contributed by atoms with Crippen molar-refractivity contribution in [2.75, 3.05) is 24.4 Å². The van der Waals surface area contributed by atoms with Crippen LogP contribution in [0.4, 0.5) is 17.2 Å². The number of nitrogens with one attached hydrogen (secondary N) is 2. The molecule has 3 rings (SSSR count). The topological polar surface area (TPSA) is 102 Å². The quantitative estimate of drug-likeness (QED) is 0.592. The Bertz CT molecular complexity index is 988. The Morgan fingerprint density at radius 3 is 2.41 bits per heavy atom. The van der Waals surface area contributed by atoms with Crippen LogP contribution in [0, 0.1) is 0 Å². The fourth-order valence-corrected chi connectivity index (χ4v) is 2.50. The number of esters is 1. The molecule has 1 amide bonds. The molecule has 1 heterocycles. The van der Waals surface area contributed by atoms with Crippen LogP contribution in [0.2, 0.25) is 0 Å². The number of ether oxygens (including phenoxy) is 2. The van der Waals surface area contributed by atoms with Crippen LogP contribution < -0.4 is 15.4 Å². The summed E-state index contributed by atoms with van der Waals surface area (Å²) in [6.07, 6.45) is 2.83. The van der Waals surface area contributed by atoms with Crippen molar-refractivity contribution in [2.45, 2.75) is 6.92 Å². The normalized spacial score (nSPS) is 10.1. The lowest BCUT2D eigenvalue weighted by molar-refractivity contribution is 0.0600. The van der Waals surface area contributed by atoms with Crippen molar-refractivity contribution in [2.24, 2.45) is 0 Å². The molecule has 3 aromatic rings. The first-order valence-corrected chi connectivity index (χ1v) is 8.91. The van der Waals surface area contributed by atoms with E-state index in [1.807, 2.05) is 19.1 Å². The second-order valence-corrected chi connectivity index (χ2v) is 5.86. The third kappa shape index (κ3) is 5.07. The average Bonchev–Trinajstić information content (AvgIpc) is 2.76. The molecule has 0 aliphatic heterocycles. The second-order valence-electron chi connectivity index (χ2n) is 5.86. The minimum Gasteiger partial charge on any atom is -0.492 e. The molecule has 0 aliphatic carbocycles. The maximum absolute atomic E-state index is 12.4. The number of aromatic nitrogens is 2. The van der Waals surface area contributed by atoms with E-state index in [1.54, 1.807) is 36.4 Å². The number of para-hydroxylation sites is 2. The van der Waals surface area contributed by atoms with Gasteiger partial charge in [0.1, 0.15) is 17.3 Å². The van der Waals surface area contributed by atoms with Gasteiger partial charge in [0.2, 0.25) is 0 Å². The lowest BCUT2D eigenvalue weighted by Crippen LogP contribution is -2.15. The van der Waals surface area contributed by atoms with E-state index in [2.05, 4.69) is 25.3 Å². The maximum Gasteiger partial charge on any atom is 0.337 e. The van der Waals surface area contributed by atoms with E-state index in [9.17, 15) is 9.59 Å². The number of anilines is 3. The molecule has 29 heavy (non-hydrogen) atoms. The molecule has 8 heteroatoms. The van der Waals surface area contributed by atoms with Crippen molar-refractivity contribution in [3.05, 3.63) is 72.2 Å². The van der Waals surface area contributed by atoms with E-state index in [0.717, 1.165) is 5.69 Å². The predicted molar refractivity (Wildman–Crippen MR) is 109 cm³/mol. The smallest absolute Gasteiger partial charge is 0.337 e. The van der Waals surface area contributed by atoms with Crippen LogP contribution in [0.5, 0.6) is 5.75 Å². The van der Waals surface area contributed by atoms with Crippen LogP contribution in [0.15, 0.2) is 60.9 Å². The first-order chi connectivity index (χ1) is 14.1. The van der Waals surface area contributed by atoms with E-state index in [1.165, 1.54) is 19.5 Å². The zero-order valence-electron chi connectivity index (χ0n) is 16.0. The summed E-state index contributed by atoms with van der Waals surface area (Å²) in [5, 5.41) is 5.82. The van der Waals surface area contributed by atoms with E-state index in [0.29, 0.717) is 29.4 Å². The Kier molecular flexibility index (Phi) is 6.36. The fourth-order valence-electron chi connectivity index (χ4n) is 2.50. The van der Waals surface area contributed by atoms with Crippen molar-refractivity contribution in [1.29, 1.82) is 0 Å². The highest BCUT2D eigenvalue weighted by Crippen LogP contribution is 2.24. The zero-order chi connectivity index (χ0) is 20.6. The molecule has 0 saturated heterocycles. The molecule has 0 radical (unpaired) electrons. The van der Waals surface area contributed by atoms with E-state index in [-0.39, 0.29) is 5.69 Å². The Labute approximate surface area is 167 Å². The molecule has 0 saturated carbocycles. The number of carbonyl (C=O) groups excluding carboxylic acids is 2. The van der Waals surface area contributed by atoms with Crippen LogP contribution in [-0.2, 0) is 4.74 Å². The molecule has 0 fully saturated rings. The molecule has 0 bridgehead atoms. The summed E-state index contributed by atoms with van der Waals surface area (Å²) >= 11 is 0. The van der Waals surface area contributed by atoms with Gasteiger partial charge in [-0.25, -0.2) is 14.8 Å². The number of nitrogens with zero attached hydrogens (tertiary/aromatic N) is 2. The average molecular weight is 392 g/mol. The van der Waals surface area contributed by atoms with Crippen LogP contribution in [0.25, 0.3) is 0 Å². The summed E-state index contributed by atoms with van der Waals surface area (Å²) in [4.78, 5) is 32.3. The zero-order valence-corrected chi connectivity index (χ0v) is 16.0. The summed E-state index contributed by atoms with van der Waals surface area (Å²) < 4.78 is 10.2. The Balaban J connectivity index is 1.65. The Morgan fingerprint density at radius 1 is 1.00 bits per heavy atom. The highest BCUT2D eigenvalue weighted by atomic mass is 16.5. The number of carbonyl (C=O) groups is 2. The molecule has 0 spiro atoms. The lowest BCUT2D eigenvalue weighted by Gasteiger charge is -2.11. The molecule has 1 aromatic heterocycles. The fraction of sp³-hybridized carbons (Fsp3) is 0.143. The van der Waals surface area contributed by atoms with Crippen molar-refractivity contribution < 1.29 is 19.1 Å². The van der Waals surface area contributed by atoms with Gasteiger partial charge in [0.15, 0.2) is 0 Å². The van der Waals surface area contributed by atoms with Gasteiger partial charge in [0, 0.05) is 5.69 Å². The number of methoxy groups -OCH3 is 1. The molecule has 8 nitrogen and oxygen atoms in total. The lowest BCUT2D eigenvalue weighted by atomic mass is 10.2. The molecular weight excluding hydrogens is 372 g/mol. The van der Waals surface area contributed by atoms with E-state index < -0.39 is 11.9 Å². The number of hydrogen-bond acceptors (Lipinski definition) is 7. The summed E-state index contributed by atoms with van der Waals surface area (Å²) in [7, 11) is 1.33. The molecule has 2 aromatic carbocycles. The standard InChI is InChI=1S/C21H20N4O4/c1-3-29-18-7-5-4-6-16(18)25-20(26)17-12-23-19(13-22-17)24-15-10-8-14(9-11-15)21(27)28-2/h4-13H,3H2,1-2H3,(H,23,24)(H,25,26). The molecule has 2 N–H and O–H groups in total. The van der Waals surface area contributed by atoms with Gasteiger partial charge in [0.05, 0.1) is 37.4 Å². The molecule has 148 valence electrons. The Morgan fingerprint density at radius 2 is 1.76 bits per heavy atom. The van der Waals surface area contributed by atoms with Gasteiger partial charge in [-0.15, -0.1) is 0 Å². The third-order valence-electron chi connectivity index (χ3n) is 3.90. The SMILES string of the molecule is CCOc1ccccc1NC(=O)c1cnc(Nc2ccc(C(=O)OC)cc2)cn1. The minimum absolute atomic E-state index is 0.169. The third-order valence-corrected chi connectivity index (χ3v) is 3.90. The molecule has 0 unspecified atom stereocenters. The highest BCUT2D eigenvalue weighted by Gasteiger charge is 2.12. The number of amides is 1. The van der Waals surface area contributed by atoms with Crippen molar-refractivity contribution in [3.63, 3.8) is 0 Å². The van der Waals surface area contributed by atoms with Gasteiger partial charge in [0.25, 0.3) is 5.91 Å². The second kappa shape index (κ2) is 9.32. The predicted octanol–water partition coefficient (Wildman–Crippen LogP) is 3.66. The molecular formula is C21H20N4O4. The summed E-state index contributed by atoms with van der Waals surface area (Å²) in [6, 6.07) is 13.9.